The number of halogens is 3. The lowest BCUT2D eigenvalue weighted by molar-refractivity contribution is -0.462. The van der Waals surface area contributed by atoms with Gasteiger partial charge in [0.1, 0.15) is 12.2 Å². The van der Waals surface area contributed by atoms with Crippen LogP contribution in [0.15, 0.2) is 48.5 Å². The minimum Gasteiger partial charge on any atom is -0.290 e. The number of alkyl halides is 3. The van der Waals surface area contributed by atoms with Crippen molar-refractivity contribution in [3.05, 3.63) is 65.2 Å². The number of amidine groups is 1. The molecule has 1 aliphatic rings. The average molecular weight is 291 g/mol. The van der Waals surface area contributed by atoms with Crippen LogP contribution in [-0.4, -0.2) is 10.4 Å². The zero-order chi connectivity index (χ0) is 15.0. The monoisotopic (exact) mass is 291 g/mol. The van der Waals surface area contributed by atoms with Crippen LogP contribution in [0.5, 0.6) is 0 Å². The lowest BCUT2D eigenvalue weighted by Gasteiger charge is -2.18. The molecule has 0 aromatic heterocycles. The van der Waals surface area contributed by atoms with E-state index >= 15 is 0 Å². The summed E-state index contributed by atoms with van der Waals surface area (Å²) in [6.07, 6.45) is -3.80. The van der Waals surface area contributed by atoms with Gasteiger partial charge in [0.25, 0.3) is 5.84 Å². The fraction of sp³-hybridized carbons (Fsp3) is 0.188. The fourth-order valence-electron chi connectivity index (χ4n) is 2.55. The summed E-state index contributed by atoms with van der Waals surface area (Å²) in [6.45, 7) is 0.489. The first-order chi connectivity index (χ1) is 9.95. The molecule has 0 saturated heterocycles. The van der Waals surface area contributed by atoms with Gasteiger partial charge in [0.15, 0.2) is 0 Å². The van der Waals surface area contributed by atoms with Gasteiger partial charge >= 0.3 is 6.18 Å². The topological polar surface area (TPSA) is 29.0 Å². The van der Waals surface area contributed by atoms with Crippen molar-refractivity contribution in [3.63, 3.8) is 0 Å². The standard InChI is InChI=1S/C16H13F3N2/c17-16(18,19)13-6-3-7-14(9-13)21-10-12-5-2-1-4-11(12)8-15(21)20/h1-7,9,20H,8,10H2/p+1. The molecule has 0 unspecified atom stereocenters. The molecule has 3 rings (SSSR count). The van der Waals surface area contributed by atoms with Crippen LogP contribution in [0.25, 0.3) is 0 Å². The van der Waals surface area contributed by atoms with E-state index in [2.05, 4.69) is 0 Å². The molecule has 2 N–H and O–H groups in total. The van der Waals surface area contributed by atoms with Gasteiger partial charge in [-0.1, -0.05) is 30.3 Å². The molecule has 0 radical (unpaired) electrons. The predicted octanol–water partition coefficient (Wildman–Crippen LogP) is 3.46. The summed E-state index contributed by atoms with van der Waals surface area (Å²) in [6, 6.07) is 13.1. The Morgan fingerprint density at radius 2 is 1.67 bits per heavy atom. The van der Waals surface area contributed by atoms with Gasteiger partial charge in [-0.05, 0) is 29.3 Å². The van der Waals surface area contributed by atoms with Crippen LogP contribution >= 0.6 is 0 Å². The fourth-order valence-corrected chi connectivity index (χ4v) is 2.55. The van der Waals surface area contributed by atoms with Crippen molar-refractivity contribution in [1.29, 1.82) is 0 Å². The first-order valence-electron chi connectivity index (χ1n) is 6.58. The second kappa shape index (κ2) is 4.91. The quantitative estimate of drug-likeness (QED) is 0.801. The van der Waals surface area contributed by atoms with Crippen LogP contribution in [0.1, 0.15) is 16.7 Å². The molecule has 5 heteroatoms. The molecular formula is C16H14F3N2+. The number of benzene rings is 2. The van der Waals surface area contributed by atoms with Crippen LogP contribution in [-0.2, 0) is 19.1 Å². The Labute approximate surface area is 120 Å². The summed E-state index contributed by atoms with van der Waals surface area (Å²) in [4.78, 5) is 0. The predicted molar refractivity (Wildman–Crippen MR) is 74.4 cm³/mol. The van der Waals surface area contributed by atoms with E-state index in [4.69, 9.17) is 5.73 Å². The summed E-state index contributed by atoms with van der Waals surface area (Å²) >= 11 is 0. The van der Waals surface area contributed by atoms with Gasteiger partial charge in [-0.3, -0.25) is 5.73 Å². The first-order valence-corrected chi connectivity index (χ1v) is 6.58. The van der Waals surface area contributed by atoms with E-state index in [1.165, 1.54) is 6.07 Å². The number of hydrogen-bond acceptors (Lipinski definition) is 1. The number of hydrogen-bond donors (Lipinski definition) is 1. The highest BCUT2D eigenvalue weighted by Gasteiger charge is 2.31. The SMILES string of the molecule is NC1=[N+](c2cccc(C(F)(F)F)c2)Cc2ccccc2C1. The molecule has 0 amide bonds. The summed E-state index contributed by atoms with van der Waals surface area (Å²) in [7, 11) is 0. The van der Waals surface area contributed by atoms with Crippen molar-refractivity contribution in [1.82, 2.24) is 0 Å². The number of nitrogens with two attached hydrogens (primary N) is 1. The van der Waals surface area contributed by atoms with E-state index in [0.717, 1.165) is 23.3 Å². The lowest BCUT2D eigenvalue weighted by atomic mass is 10.0. The Kier molecular flexibility index (Phi) is 3.20. The maximum Gasteiger partial charge on any atom is 0.416 e. The third-order valence-corrected chi connectivity index (χ3v) is 3.65. The van der Waals surface area contributed by atoms with E-state index in [-0.39, 0.29) is 0 Å². The van der Waals surface area contributed by atoms with Crippen molar-refractivity contribution in [2.75, 3.05) is 0 Å². The smallest absolute Gasteiger partial charge is 0.290 e. The molecule has 0 saturated carbocycles. The van der Waals surface area contributed by atoms with E-state index in [9.17, 15) is 13.2 Å². The molecule has 0 aliphatic carbocycles. The normalized spacial score (nSPS) is 15.0. The van der Waals surface area contributed by atoms with Crippen LogP contribution < -0.4 is 5.73 Å². The summed E-state index contributed by atoms with van der Waals surface area (Å²) in [5.41, 5.74) is 8.07. The van der Waals surface area contributed by atoms with Crippen molar-refractivity contribution in [2.24, 2.45) is 5.73 Å². The average Bonchev–Trinajstić information content (AvgIpc) is 2.46. The molecule has 2 aromatic rings. The Balaban J connectivity index is 2.02. The van der Waals surface area contributed by atoms with Gasteiger partial charge in [0.2, 0.25) is 0 Å². The van der Waals surface area contributed by atoms with Crippen molar-refractivity contribution < 1.29 is 17.7 Å². The molecule has 0 atom stereocenters. The van der Waals surface area contributed by atoms with Crippen LogP contribution in [0.3, 0.4) is 0 Å². The largest absolute Gasteiger partial charge is 0.416 e. The molecule has 2 nitrogen and oxygen atoms in total. The first kappa shape index (κ1) is 13.7. The highest BCUT2D eigenvalue weighted by atomic mass is 19.4. The zero-order valence-corrected chi connectivity index (χ0v) is 11.2. The summed E-state index contributed by atoms with van der Waals surface area (Å²) in [5, 5.41) is 0. The van der Waals surface area contributed by atoms with E-state index in [0.29, 0.717) is 24.5 Å². The molecule has 21 heavy (non-hydrogen) atoms. The van der Waals surface area contributed by atoms with E-state index in [1.807, 2.05) is 24.3 Å². The van der Waals surface area contributed by atoms with Gasteiger partial charge in [-0.25, -0.2) is 4.58 Å². The summed E-state index contributed by atoms with van der Waals surface area (Å²) < 4.78 is 40.2. The molecule has 0 bridgehead atoms. The second-order valence-electron chi connectivity index (χ2n) is 5.07. The van der Waals surface area contributed by atoms with Crippen molar-refractivity contribution >= 4 is 11.5 Å². The Bertz CT molecular complexity index is 717. The maximum atomic E-state index is 12.8. The van der Waals surface area contributed by atoms with E-state index in [1.54, 1.807) is 10.6 Å². The molecule has 0 fully saturated rings. The van der Waals surface area contributed by atoms with Crippen LogP contribution in [0.4, 0.5) is 18.9 Å². The number of fused-ring (bicyclic) bond motifs is 1. The minimum absolute atomic E-state index is 0.469. The van der Waals surface area contributed by atoms with E-state index < -0.39 is 11.7 Å². The molecule has 108 valence electrons. The zero-order valence-electron chi connectivity index (χ0n) is 11.2. The highest BCUT2D eigenvalue weighted by molar-refractivity contribution is 5.80. The van der Waals surface area contributed by atoms with Gasteiger partial charge in [0, 0.05) is 0 Å². The lowest BCUT2D eigenvalue weighted by Crippen LogP contribution is -2.31. The Hall–Kier alpha value is -2.30. The van der Waals surface area contributed by atoms with Gasteiger partial charge in [0.05, 0.1) is 12.0 Å². The highest BCUT2D eigenvalue weighted by Crippen LogP contribution is 2.32. The van der Waals surface area contributed by atoms with Gasteiger partial charge < -0.3 is 0 Å². The molecule has 0 spiro atoms. The number of nitrogens with zero attached hydrogens (tertiary/aromatic N) is 1. The third kappa shape index (κ3) is 2.63. The van der Waals surface area contributed by atoms with Crippen LogP contribution in [0.2, 0.25) is 0 Å². The Morgan fingerprint density at radius 1 is 0.952 bits per heavy atom. The maximum absolute atomic E-state index is 12.8. The summed E-state index contributed by atoms with van der Waals surface area (Å²) in [5.74, 6) is 0.563. The molecule has 1 aliphatic heterocycles. The van der Waals surface area contributed by atoms with Gasteiger partial charge in [-0.2, -0.15) is 13.2 Å². The van der Waals surface area contributed by atoms with Crippen molar-refractivity contribution in [3.8, 4) is 0 Å². The molecule has 1 heterocycles. The minimum atomic E-state index is -4.35. The number of rotatable bonds is 1. The second-order valence-corrected chi connectivity index (χ2v) is 5.07. The Morgan fingerprint density at radius 3 is 2.38 bits per heavy atom. The third-order valence-electron chi connectivity index (χ3n) is 3.65. The van der Waals surface area contributed by atoms with Crippen LogP contribution in [0, 0.1) is 0 Å². The van der Waals surface area contributed by atoms with Crippen molar-refractivity contribution in [2.45, 2.75) is 19.1 Å². The van der Waals surface area contributed by atoms with Gasteiger partial charge in [-0.15, -0.1) is 0 Å². The molecule has 2 aromatic carbocycles. The molecular weight excluding hydrogens is 277 g/mol.